The molecule has 5 rings (SSSR count). The van der Waals surface area contributed by atoms with E-state index in [0.29, 0.717) is 21.3 Å². The van der Waals surface area contributed by atoms with Gasteiger partial charge in [-0.3, -0.25) is 14.2 Å². The zero-order valence-electron chi connectivity index (χ0n) is 15.7. The van der Waals surface area contributed by atoms with Crippen LogP contribution in [0, 0.1) is 5.92 Å². The summed E-state index contributed by atoms with van der Waals surface area (Å²) in [5.74, 6) is 0.395. The predicted octanol–water partition coefficient (Wildman–Crippen LogP) is 4.41. The molecule has 6 nitrogen and oxygen atoms in total. The topological polar surface area (TPSA) is 76.9 Å². The molecule has 1 atom stereocenters. The lowest BCUT2D eigenvalue weighted by atomic mass is 9.93. The number of anilines is 1. The molecule has 0 aliphatic heterocycles. The van der Waals surface area contributed by atoms with Crippen molar-refractivity contribution < 1.29 is 4.79 Å². The lowest BCUT2D eigenvalue weighted by Crippen LogP contribution is -2.27. The quantitative estimate of drug-likeness (QED) is 0.508. The number of hydrogen-bond acceptors (Lipinski definition) is 7. The standard InChI is InChI=1S/C20H18N4O2S3/c1-11-4-5-13-15(7-11)29-20(22-13)23-16(25)8-24-10-21-18-17(19(24)26)12(9-28-18)14-3-2-6-27-14/h2-3,6,9-11H,4-5,7-8H2,1H3,(H,22,23,25)/t11-/m0/s1. The molecule has 0 aromatic carbocycles. The van der Waals surface area contributed by atoms with E-state index in [1.165, 1.54) is 27.1 Å². The largest absolute Gasteiger partial charge is 0.300 e. The number of thiophene rings is 2. The van der Waals surface area contributed by atoms with Gasteiger partial charge < -0.3 is 5.32 Å². The number of carbonyl (C=O) groups excluding carboxylic acids is 1. The van der Waals surface area contributed by atoms with Crippen molar-refractivity contribution in [1.82, 2.24) is 14.5 Å². The van der Waals surface area contributed by atoms with Crippen molar-refractivity contribution in [2.75, 3.05) is 5.32 Å². The molecule has 0 bridgehead atoms. The van der Waals surface area contributed by atoms with Gasteiger partial charge in [-0.05, 0) is 36.6 Å². The molecule has 4 aromatic heterocycles. The highest BCUT2D eigenvalue weighted by Gasteiger charge is 2.21. The van der Waals surface area contributed by atoms with Gasteiger partial charge in [-0.15, -0.1) is 34.0 Å². The summed E-state index contributed by atoms with van der Waals surface area (Å²) in [5, 5.41) is 7.99. The van der Waals surface area contributed by atoms with Gasteiger partial charge in [-0.1, -0.05) is 13.0 Å². The summed E-state index contributed by atoms with van der Waals surface area (Å²) in [6.45, 7) is 2.16. The molecular weight excluding hydrogens is 424 g/mol. The van der Waals surface area contributed by atoms with Crippen LogP contribution in [0.3, 0.4) is 0 Å². The fourth-order valence-corrected chi connectivity index (χ4v) is 6.51. The maximum atomic E-state index is 13.0. The second-order valence-electron chi connectivity index (χ2n) is 7.27. The van der Waals surface area contributed by atoms with Crippen LogP contribution in [0.4, 0.5) is 5.13 Å². The molecule has 1 N–H and O–H groups in total. The highest BCUT2D eigenvalue weighted by atomic mass is 32.1. The summed E-state index contributed by atoms with van der Waals surface area (Å²) in [6.07, 6.45) is 4.57. The number of aryl methyl sites for hydroxylation is 1. The summed E-state index contributed by atoms with van der Waals surface area (Å²) < 4.78 is 1.37. The van der Waals surface area contributed by atoms with Crippen molar-refractivity contribution in [3.05, 3.63) is 50.1 Å². The summed E-state index contributed by atoms with van der Waals surface area (Å²) in [6, 6.07) is 3.95. The molecule has 9 heteroatoms. The second-order valence-corrected chi connectivity index (χ2v) is 10.2. The lowest BCUT2D eigenvalue weighted by Gasteiger charge is -2.15. The number of fused-ring (bicyclic) bond motifs is 2. The first-order valence-corrected chi connectivity index (χ1v) is 11.9. The van der Waals surface area contributed by atoms with Crippen LogP contribution < -0.4 is 10.9 Å². The minimum atomic E-state index is -0.264. The Balaban J connectivity index is 1.39. The Morgan fingerprint density at radius 2 is 2.28 bits per heavy atom. The summed E-state index contributed by atoms with van der Waals surface area (Å²) in [5.41, 5.74) is 1.79. The Morgan fingerprint density at radius 3 is 3.10 bits per heavy atom. The third-order valence-corrected chi connectivity index (χ3v) is 7.92. The molecule has 0 saturated heterocycles. The van der Waals surface area contributed by atoms with E-state index in [-0.39, 0.29) is 18.0 Å². The molecule has 4 heterocycles. The van der Waals surface area contributed by atoms with Crippen molar-refractivity contribution >= 4 is 55.3 Å². The molecule has 148 valence electrons. The van der Waals surface area contributed by atoms with E-state index in [0.717, 1.165) is 35.4 Å². The number of nitrogens with one attached hydrogen (secondary N) is 1. The molecule has 29 heavy (non-hydrogen) atoms. The third-order valence-electron chi connectivity index (χ3n) is 5.09. The Bertz CT molecular complexity index is 1250. The highest BCUT2D eigenvalue weighted by molar-refractivity contribution is 7.18. The van der Waals surface area contributed by atoms with Crippen molar-refractivity contribution in [3.8, 4) is 10.4 Å². The van der Waals surface area contributed by atoms with E-state index in [9.17, 15) is 9.59 Å². The number of thiazole rings is 1. The second kappa shape index (κ2) is 7.47. The first-order chi connectivity index (χ1) is 14.1. The number of rotatable bonds is 4. The summed E-state index contributed by atoms with van der Waals surface area (Å²) in [4.78, 5) is 37.5. The van der Waals surface area contributed by atoms with Gasteiger partial charge in [0.1, 0.15) is 11.4 Å². The van der Waals surface area contributed by atoms with Crippen LogP contribution >= 0.6 is 34.0 Å². The molecule has 0 saturated carbocycles. The average molecular weight is 443 g/mol. The number of amides is 1. The molecule has 1 aliphatic rings. The first-order valence-electron chi connectivity index (χ1n) is 9.37. The van der Waals surface area contributed by atoms with Gasteiger partial charge in [0.15, 0.2) is 5.13 Å². The van der Waals surface area contributed by atoms with Crippen molar-refractivity contribution in [1.29, 1.82) is 0 Å². The van der Waals surface area contributed by atoms with Crippen molar-refractivity contribution in [3.63, 3.8) is 0 Å². The summed E-state index contributed by atoms with van der Waals surface area (Å²) >= 11 is 4.57. The van der Waals surface area contributed by atoms with Gasteiger partial charge in [-0.25, -0.2) is 9.97 Å². The predicted molar refractivity (Wildman–Crippen MR) is 119 cm³/mol. The minimum Gasteiger partial charge on any atom is -0.300 e. The molecule has 0 fully saturated rings. The van der Waals surface area contributed by atoms with Crippen LogP contribution in [-0.2, 0) is 24.2 Å². The molecule has 0 unspecified atom stereocenters. The van der Waals surface area contributed by atoms with Crippen LogP contribution in [0.5, 0.6) is 0 Å². The van der Waals surface area contributed by atoms with Gasteiger partial charge in [0.2, 0.25) is 5.91 Å². The number of nitrogens with zero attached hydrogens (tertiary/aromatic N) is 3. The maximum Gasteiger partial charge on any atom is 0.263 e. The van der Waals surface area contributed by atoms with Crippen molar-refractivity contribution in [2.45, 2.75) is 32.7 Å². The fourth-order valence-electron chi connectivity index (χ4n) is 3.60. The first kappa shape index (κ1) is 18.7. The minimum absolute atomic E-state index is 0.0812. The van der Waals surface area contributed by atoms with E-state index >= 15 is 0 Å². The maximum absolute atomic E-state index is 13.0. The normalized spacial score (nSPS) is 16.1. The number of hydrogen-bond donors (Lipinski definition) is 1. The Morgan fingerprint density at radius 1 is 1.38 bits per heavy atom. The monoisotopic (exact) mass is 442 g/mol. The zero-order valence-corrected chi connectivity index (χ0v) is 18.1. The van der Waals surface area contributed by atoms with Crippen molar-refractivity contribution in [2.24, 2.45) is 5.92 Å². The smallest absolute Gasteiger partial charge is 0.263 e. The molecule has 1 amide bonds. The lowest BCUT2D eigenvalue weighted by molar-refractivity contribution is -0.116. The zero-order chi connectivity index (χ0) is 20.0. The van der Waals surface area contributed by atoms with Gasteiger partial charge in [0, 0.05) is 20.7 Å². The number of carbonyl (C=O) groups is 1. The Hall–Kier alpha value is -2.36. The van der Waals surface area contributed by atoms with E-state index < -0.39 is 0 Å². The van der Waals surface area contributed by atoms with E-state index in [4.69, 9.17) is 0 Å². The third kappa shape index (κ3) is 3.54. The van der Waals surface area contributed by atoms with Crippen LogP contribution in [0.2, 0.25) is 0 Å². The molecule has 1 aliphatic carbocycles. The molecule has 4 aromatic rings. The van der Waals surface area contributed by atoms with E-state index in [1.54, 1.807) is 22.7 Å². The average Bonchev–Trinajstić information content (AvgIpc) is 3.42. The Labute approximate surface area is 178 Å². The van der Waals surface area contributed by atoms with Crippen LogP contribution in [0.25, 0.3) is 20.7 Å². The van der Waals surface area contributed by atoms with Gasteiger partial charge in [-0.2, -0.15) is 0 Å². The molecule has 0 spiro atoms. The SMILES string of the molecule is C[C@H]1CCc2nc(NC(=O)Cn3cnc4scc(-c5cccs5)c4c3=O)sc2C1. The Kier molecular flexibility index (Phi) is 4.81. The van der Waals surface area contributed by atoms with Crippen LogP contribution in [0.15, 0.2) is 34.0 Å². The van der Waals surface area contributed by atoms with E-state index in [2.05, 4.69) is 22.2 Å². The summed E-state index contributed by atoms with van der Waals surface area (Å²) in [7, 11) is 0. The van der Waals surface area contributed by atoms with Gasteiger partial charge >= 0.3 is 0 Å². The van der Waals surface area contributed by atoms with Crippen LogP contribution in [-0.4, -0.2) is 20.4 Å². The highest BCUT2D eigenvalue weighted by Crippen LogP contribution is 2.34. The molecular formula is C20H18N4O2S3. The van der Waals surface area contributed by atoms with Crippen LogP contribution in [0.1, 0.15) is 23.9 Å². The molecule has 0 radical (unpaired) electrons. The van der Waals surface area contributed by atoms with Gasteiger partial charge in [0.05, 0.1) is 17.4 Å². The number of aromatic nitrogens is 3. The fraction of sp³-hybridized carbons (Fsp3) is 0.300. The van der Waals surface area contributed by atoms with Gasteiger partial charge in [0.25, 0.3) is 5.56 Å². The van der Waals surface area contributed by atoms with E-state index in [1.807, 2.05) is 22.9 Å².